The molecule has 0 aromatic heterocycles. The zero-order valence-corrected chi connectivity index (χ0v) is 12.0. The third kappa shape index (κ3) is 2.04. The molecule has 2 heterocycles. The Hall–Kier alpha value is 0.320. The van der Waals surface area contributed by atoms with Crippen molar-refractivity contribution in [2.24, 2.45) is 5.92 Å². The molecule has 0 spiro atoms. The molecule has 0 aliphatic carbocycles. The number of alkyl halides is 1. The number of hydrogen-bond acceptors (Lipinski definition) is 3. The lowest BCUT2D eigenvalue weighted by molar-refractivity contribution is -0.146. The third-order valence-corrected chi connectivity index (χ3v) is 4.80. The van der Waals surface area contributed by atoms with E-state index in [1.807, 2.05) is 0 Å². The summed E-state index contributed by atoms with van der Waals surface area (Å²) >= 11 is 2.25. The van der Waals surface area contributed by atoms with Gasteiger partial charge in [-0.05, 0) is 12.3 Å². The fourth-order valence-electron chi connectivity index (χ4n) is 2.57. The first-order chi connectivity index (χ1) is 7.60. The summed E-state index contributed by atoms with van der Waals surface area (Å²) in [6.45, 7) is 4.97. The van der Waals surface area contributed by atoms with E-state index in [-0.39, 0.29) is 18.0 Å². The predicted octanol–water partition coefficient (Wildman–Crippen LogP) is 2.35. The number of halogens is 1. The van der Waals surface area contributed by atoms with Crippen LogP contribution >= 0.6 is 22.6 Å². The highest BCUT2D eigenvalue weighted by molar-refractivity contribution is 14.1. The van der Waals surface area contributed by atoms with Gasteiger partial charge in [0, 0.05) is 17.3 Å². The minimum absolute atomic E-state index is 0.0215. The molecule has 3 nitrogen and oxygen atoms in total. The van der Waals surface area contributed by atoms with Crippen LogP contribution in [0.15, 0.2) is 0 Å². The van der Waals surface area contributed by atoms with Crippen LogP contribution in [0.1, 0.15) is 33.1 Å². The molecule has 0 saturated carbocycles. The summed E-state index contributed by atoms with van der Waals surface area (Å²) in [6, 6.07) is 0. The first kappa shape index (κ1) is 12.8. The Morgan fingerprint density at radius 1 is 1.50 bits per heavy atom. The summed E-state index contributed by atoms with van der Waals surface area (Å²) in [6.07, 6.45) is 2.49. The van der Waals surface area contributed by atoms with Crippen molar-refractivity contribution in [3.05, 3.63) is 0 Å². The van der Waals surface area contributed by atoms with Gasteiger partial charge in [-0.2, -0.15) is 0 Å². The van der Waals surface area contributed by atoms with Crippen LogP contribution in [0.5, 0.6) is 0 Å². The maximum Gasteiger partial charge on any atom is 0.168 e. The summed E-state index contributed by atoms with van der Waals surface area (Å²) in [5, 5.41) is 0. The van der Waals surface area contributed by atoms with Gasteiger partial charge in [0.05, 0.1) is 18.8 Å². The van der Waals surface area contributed by atoms with E-state index in [0.29, 0.717) is 23.4 Å². The van der Waals surface area contributed by atoms with E-state index in [2.05, 4.69) is 36.4 Å². The van der Waals surface area contributed by atoms with E-state index >= 15 is 0 Å². The molecular formula is C12H19IO3. The van der Waals surface area contributed by atoms with E-state index in [9.17, 15) is 4.79 Å². The molecule has 0 radical (unpaired) electrons. The topological polar surface area (TPSA) is 35.5 Å². The molecular weight excluding hydrogens is 319 g/mol. The van der Waals surface area contributed by atoms with Gasteiger partial charge in [-0.25, -0.2) is 0 Å². The molecule has 2 saturated heterocycles. The SMILES string of the molecule is CC(C)[C@@H]1CCC(=O)[C@@]2(CI)OCC[C@@H]2O1. The fraction of sp³-hybridized carbons (Fsp3) is 0.917. The smallest absolute Gasteiger partial charge is 0.168 e. The van der Waals surface area contributed by atoms with Gasteiger partial charge in [0.25, 0.3) is 0 Å². The number of ketones is 1. The molecule has 0 unspecified atom stereocenters. The number of fused-ring (bicyclic) bond motifs is 1. The zero-order chi connectivity index (χ0) is 11.8. The second kappa shape index (κ2) is 4.90. The fourth-order valence-corrected chi connectivity index (χ4v) is 3.70. The molecule has 0 bridgehead atoms. The second-order valence-electron chi connectivity index (χ2n) is 5.03. The molecule has 0 aromatic carbocycles. The number of Topliss-reactive ketones (excluding diaryl/α,β-unsaturated/α-hetero) is 1. The molecule has 16 heavy (non-hydrogen) atoms. The Bertz CT molecular complexity index is 279. The quantitative estimate of drug-likeness (QED) is 0.573. The van der Waals surface area contributed by atoms with Gasteiger partial charge < -0.3 is 9.47 Å². The molecule has 0 aromatic rings. The summed E-state index contributed by atoms with van der Waals surface area (Å²) in [7, 11) is 0. The lowest BCUT2D eigenvalue weighted by Gasteiger charge is -2.30. The van der Waals surface area contributed by atoms with Crippen LogP contribution in [0.4, 0.5) is 0 Å². The van der Waals surface area contributed by atoms with Crippen LogP contribution in [-0.2, 0) is 14.3 Å². The molecule has 3 atom stereocenters. The van der Waals surface area contributed by atoms with Gasteiger partial charge in [-0.15, -0.1) is 0 Å². The third-order valence-electron chi connectivity index (χ3n) is 3.67. The minimum atomic E-state index is -0.635. The molecule has 2 rings (SSSR count). The summed E-state index contributed by atoms with van der Waals surface area (Å²) in [5.41, 5.74) is -0.635. The van der Waals surface area contributed by atoms with Crippen molar-refractivity contribution in [1.82, 2.24) is 0 Å². The van der Waals surface area contributed by atoms with Crippen LogP contribution in [0, 0.1) is 5.92 Å². The number of ether oxygens (including phenoxy) is 2. The highest BCUT2D eigenvalue weighted by Gasteiger charge is 2.52. The van der Waals surface area contributed by atoms with Crippen LogP contribution in [0.2, 0.25) is 0 Å². The largest absolute Gasteiger partial charge is 0.371 e. The van der Waals surface area contributed by atoms with E-state index in [4.69, 9.17) is 9.47 Å². The van der Waals surface area contributed by atoms with Gasteiger partial charge in [-0.3, -0.25) is 4.79 Å². The molecule has 2 fully saturated rings. The Morgan fingerprint density at radius 2 is 2.25 bits per heavy atom. The number of hydrogen-bond donors (Lipinski definition) is 0. The van der Waals surface area contributed by atoms with E-state index in [1.54, 1.807) is 0 Å². The van der Waals surface area contributed by atoms with Gasteiger partial charge >= 0.3 is 0 Å². The van der Waals surface area contributed by atoms with Crippen molar-refractivity contribution in [3.63, 3.8) is 0 Å². The minimum Gasteiger partial charge on any atom is -0.371 e. The first-order valence-corrected chi connectivity index (χ1v) is 7.51. The molecule has 2 aliphatic rings. The van der Waals surface area contributed by atoms with Gasteiger partial charge in [0.15, 0.2) is 11.4 Å². The lowest BCUT2D eigenvalue weighted by Crippen LogP contribution is -2.49. The summed E-state index contributed by atoms with van der Waals surface area (Å²) < 4.78 is 12.6. The highest BCUT2D eigenvalue weighted by atomic mass is 127. The van der Waals surface area contributed by atoms with E-state index in [0.717, 1.165) is 12.8 Å². The predicted molar refractivity (Wildman–Crippen MR) is 69.9 cm³/mol. The maximum atomic E-state index is 12.2. The molecule has 0 amide bonds. The average molecular weight is 338 g/mol. The normalized spacial score (nSPS) is 39.9. The zero-order valence-electron chi connectivity index (χ0n) is 9.87. The van der Waals surface area contributed by atoms with Crippen molar-refractivity contribution in [1.29, 1.82) is 0 Å². The van der Waals surface area contributed by atoms with Gasteiger partial charge in [0.2, 0.25) is 0 Å². The Balaban J connectivity index is 2.22. The Labute approximate surface area is 110 Å². The van der Waals surface area contributed by atoms with Crippen molar-refractivity contribution in [2.45, 2.75) is 50.9 Å². The Morgan fingerprint density at radius 3 is 2.88 bits per heavy atom. The standard InChI is InChI=1S/C12H19IO3/c1-8(2)9-3-4-10(14)12(7-13)11(16-9)5-6-15-12/h8-9,11H,3-7H2,1-2H3/t9-,11-,12+/m0/s1. The Kier molecular flexibility index (Phi) is 3.91. The van der Waals surface area contributed by atoms with Crippen molar-refractivity contribution in [3.8, 4) is 0 Å². The number of carbonyl (C=O) groups excluding carboxylic acids is 1. The van der Waals surface area contributed by atoms with Gasteiger partial charge in [-0.1, -0.05) is 36.4 Å². The van der Waals surface area contributed by atoms with E-state index in [1.165, 1.54) is 0 Å². The first-order valence-electron chi connectivity index (χ1n) is 5.99. The second-order valence-corrected chi connectivity index (χ2v) is 5.79. The number of carbonyl (C=O) groups is 1. The summed E-state index contributed by atoms with van der Waals surface area (Å²) in [5.74, 6) is 0.714. The van der Waals surface area contributed by atoms with Crippen LogP contribution in [-0.4, -0.2) is 34.6 Å². The maximum absolute atomic E-state index is 12.2. The summed E-state index contributed by atoms with van der Waals surface area (Å²) in [4.78, 5) is 12.2. The van der Waals surface area contributed by atoms with Crippen LogP contribution in [0.25, 0.3) is 0 Å². The van der Waals surface area contributed by atoms with Crippen LogP contribution < -0.4 is 0 Å². The monoisotopic (exact) mass is 338 g/mol. The molecule has 2 aliphatic heterocycles. The van der Waals surface area contributed by atoms with Crippen molar-refractivity contribution < 1.29 is 14.3 Å². The van der Waals surface area contributed by atoms with E-state index < -0.39 is 5.60 Å². The van der Waals surface area contributed by atoms with Gasteiger partial charge in [0.1, 0.15) is 0 Å². The molecule has 4 heteroatoms. The average Bonchev–Trinajstić information content (AvgIpc) is 2.61. The highest BCUT2D eigenvalue weighted by Crippen LogP contribution is 2.38. The van der Waals surface area contributed by atoms with Crippen molar-refractivity contribution >= 4 is 28.4 Å². The molecule has 0 N–H and O–H groups in total. The van der Waals surface area contributed by atoms with Crippen LogP contribution in [0.3, 0.4) is 0 Å². The number of rotatable bonds is 2. The van der Waals surface area contributed by atoms with Crippen molar-refractivity contribution in [2.75, 3.05) is 11.0 Å². The molecule has 92 valence electrons. The lowest BCUT2D eigenvalue weighted by atomic mass is 9.92.